The highest BCUT2D eigenvalue weighted by atomic mass is 19.4. The summed E-state index contributed by atoms with van der Waals surface area (Å²) < 4.78 is 39.0. The van der Waals surface area contributed by atoms with Gasteiger partial charge in [0.05, 0.1) is 12.5 Å². The van der Waals surface area contributed by atoms with Crippen LogP contribution >= 0.6 is 0 Å². The second kappa shape index (κ2) is 4.66. The maximum Gasteiger partial charge on any atom is 0.573 e. The number of hydrogen-bond acceptors (Lipinski definition) is 3. The molecule has 0 fully saturated rings. The molecule has 0 atom stereocenters. The standard InChI is InChI=1S/C10H6F3NO2/c11-10(12,13)16-8-3-1-7(2-4-8)9(15)5-6-14/h1-4H,5H2. The van der Waals surface area contributed by atoms with Gasteiger partial charge >= 0.3 is 6.36 Å². The topological polar surface area (TPSA) is 50.1 Å². The van der Waals surface area contributed by atoms with Crippen molar-refractivity contribution < 1.29 is 22.7 Å². The van der Waals surface area contributed by atoms with Crippen LogP contribution in [-0.2, 0) is 0 Å². The van der Waals surface area contributed by atoms with E-state index in [4.69, 9.17) is 5.26 Å². The van der Waals surface area contributed by atoms with Crippen LogP contribution in [0, 0.1) is 11.3 Å². The molecule has 0 aliphatic carbocycles. The summed E-state index contributed by atoms with van der Waals surface area (Å²) in [6.45, 7) is 0. The molecule has 0 saturated heterocycles. The Morgan fingerprint density at radius 1 is 1.31 bits per heavy atom. The Morgan fingerprint density at radius 2 is 1.88 bits per heavy atom. The SMILES string of the molecule is N#CCC(=O)c1ccc(OC(F)(F)F)cc1. The fourth-order valence-corrected chi connectivity index (χ4v) is 1.02. The van der Waals surface area contributed by atoms with E-state index in [1.54, 1.807) is 6.07 Å². The van der Waals surface area contributed by atoms with Crippen molar-refractivity contribution in [3.05, 3.63) is 29.8 Å². The van der Waals surface area contributed by atoms with Crippen molar-refractivity contribution in [3.63, 3.8) is 0 Å². The molecule has 1 aromatic rings. The number of rotatable bonds is 3. The average molecular weight is 229 g/mol. The molecular weight excluding hydrogens is 223 g/mol. The van der Waals surface area contributed by atoms with Gasteiger partial charge in [0, 0.05) is 5.56 Å². The number of nitriles is 1. The number of alkyl halides is 3. The molecule has 0 amide bonds. The van der Waals surface area contributed by atoms with Crippen LogP contribution in [0.4, 0.5) is 13.2 Å². The average Bonchev–Trinajstić information content (AvgIpc) is 2.16. The number of Topliss-reactive ketones (excluding diaryl/α,β-unsaturated/α-hetero) is 1. The van der Waals surface area contributed by atoms with Crippen molar-refractivity contribution in [1.82, 2.24) is 0 Å². The summed E-state index contributed by atoms with van der Waals surface area (Å²) in [6.07, 6.45) is -5.06. The molecule has 0 saturated carbocycles. The molecular formula is C10H6F3NO2. The van der Waals surface area contributed by atoms with Crippen LogP contribution < -0.4 is 4.74 Å². The normalized spacial score (nSPS) is 10.6. The molecule has 0 N–H and O–H groups in total. The van der Waals surface area contributed by atoms with E-state index in [-0.39, 0.29) is 12.0 Å². The van der Waals surface area contributed by atoms with Gasteiger partial charge in [-0.1, -0.05) is 0 Å². The summed E-state index contributed by atoms with van der Waals surface area (Å²) in [5.41, 5.74) is 0.177. The first-order valence-corrected chi connectivity index (χ1v) is 4.18. The van der Waals surface area contributed by atoms with Crippen LogP contribution in [0.15, 0.2) is 24.3 Å². The second-order valence-corrected chi connectivity index (χ2v) is 2.83. The molecule has 0 spiro atoms. The lowest BCUT2D eigenvalue weighted by Gasteiger charge is -2.08. The smallest absolute Gasteiger partial charge is 0.406 e. The largest absolute Gasteiger partial charge is 0.573 e. The molecule has 84 valence electrons. The van der Waals surface area contributed by atoms with E-state index in [2.05, 4.69) is 4.74 Å². The zero-order valence-corrected chi connectivity index (χ0v) is 7.91. The van der Waals surface area contributed by atoms with Gasteiger partial charge in [-0.2, -0.15) is 5.26 Å². The molecule has 0 unspecified atom stereocenters. The molecule has 0 bridgehead atoms. The molecule has 1 rings (SSSR count). The minimum atomic E-state index is -4.75. The highest BCUT2D eigenvalue weighted by Crippen LogP contribution is 2.22. The van der Waals surface area contributed by atoms with Crippen LogP contribution in [0.1, 0.15) is 16.8 Å². The van der Waals surface area contributed by atoms with Gasteiger partial charge in [-0.3, -0.25) is 4.79 Å². The minimum absolute atomic E-state index is 0.177. The predicted molar refractivity (Wildman–Crippen MR) is 47.7 cm³/mol. The number of carbonyl (C=O) groups is 1. The number of ketones is 1. The third-order valence-corrected chi connectivity index (χ3v) is 1.65. The summed E-state index contributed by atoms with van der Waals surface area (Å²) in [4.78, 5) is 11.2. The predicted octanol–water partition coefficient (Wildman–Crippen LogP) is 2.68. The van der Waals surface area contributed by atoms with E-state index in [0.29, 0.717) is 0 Å². The number of nitrogens with zero attached hydrogens (tertiary/aromatic N) is 1. The molecule has 16 heavy (non-hydrogen) atoms. The molecule has 0 aliphatic rings. The highest BCUT2D eigenvalue weighted by Gasteiger charge is 2.30. The lowest BCUT2D eigenvalue weighted by atomic mass is 10.1. The Labute approximate surface area is 89.1 Å². The number of halogens is 3. The number of benzene rings is 1. The number of ether oxygens (including phenoxy) is 1. The van der Waals surface area contributed by atoms with Crippen molar-refractivity contribution in [2.24, 2.45) is 0 Å². The maximum absolute atomic E-state index is 11.8. The van der Waals surface area contributed by atoms with Crippen LogP contribution in [0.25, 0.3) is 0 Å². The van der Waals surface area contributed by atoms with E-state index in [0.717, 1.165) is 12.1 Å². The van der Waals surface area contributed by atoms with Crippen molar-refractivity contribution in [1.29, 1.82) is 5.26 Å². The van der Waals surface area contributed by atoms with Crippen LogP contribution in [-0.4, -0.2) is 12.1 Å². The van der Waals surface area contributed by atoms with Crippen molar-refractivity contribution >= 4 is 5.78 Å². The van der Waals surface area contributed by atoms with E-state index in [1.807, 2.05) is 0 Å². The first kappa shape index (κ1) is 12.0. The summed E-state index contributed by atoms with van der Waals surface area (Å²) in [5, 5.41) is 8.26. The van der Waals surface area contributed by atoms with Gasteiger partial charge in [0.25, 0.3) is 0 Å². The molecule has 1 aromatic carbocycles. The zero-order valence-electron chi connectivity index (χ0n) is 7.91. The second-order valence-electron chi connectivity index (χ2n) is 2.83. The Hall–Kier alpha value is -2.03. The highest BCUT2D eigenvalue weighted by molar-refractivity contribution is 5.97. The minimum Gasteiger partial charge on any atom is -0.406 e. The van der Waals surface area contributed by atoms with Crippen LogP contribution in [0.2, 0.25) is 0 Å². The summed E-state index contributed by atoms with van der Waals surface area (Å²) >= 11 is 0. The van der Waals surface area contributed by atoms with Gasteiger partial charge in [0.2, 0.25) is 0 Å². The maximum atomic E-state index is 11.8. The summed E-state index contributed by atoms with van der Waals surface area (Å²) in [6, 6.07) is 6.07. The lowest BCUT2D eigenvalue weighted by molar-refractivity contribution is -0.274. The van der Waals surface area contributed by atoms with Gasteiger partial charge in [-0.15, -0.1) is 13.2 Å². The fraction of sp³-hybridized carbons (Fsp3) is 0.200. The monoisotopic (exact) mass is 229 g/mol. The third kappa shape index (κ3) is 3.61. The number of carbonyl (C=O) groups excluding carboxylic acids is 1. The molecule has 6 heteroatoms. The molecule has 0 aliphatic heterocycles. The quantitative estimate of drug-likeness (QED) is 0.748. The van der Waals surface area contributed by atoms with Gasteiger partial charge in [-0.25, -0.2) is 0 Å². The fourth-order valence-electron chi connectivity index (χ4n) is 1.02. The van der Waals surface area contributed by atoms with E-state index >= 15 is 0 Å². The number of hydrogen-bond donors (Lipinski definition) is 0. The zero-order chi connectivity index (χ0) is 12.2. The lowest BCUT2D eigenvalue weighted by Crippen LogP contribution is -2.17. The summed E-state index contributed by atoms with van der Waals surface area (Å²) in [5.74, 6) is -0.845. The molecule has 3 nitrogen and oxygen atoms in total. The van der Waals surface area contributed by atoms with Gasteiger partial charge in [-0.05, 0) is 24.3 Å². The van der Waals surface area contributed by atoms with Crippen LogP contribution in [0.3, 0.4) is 0 Å². The Bertz CT molecular complexity index is 417. The van der Waals surface area contributed by atoms with Crippen LogP contribution in [0.5, 0.6) is 5.75 Å². The van der Waals surface area contributed by atoms with Crippen molar-refractivity contribution in [3.8, 4) is 11.8 Å². The van der Waals surface area contributed by atoms with Gasteiger partial charge < -0.3 is 4.74 Å². The van der Waals surface area contributed by atoms with Gasteiger partial charge in [0.15, 0.2) is 5.78 Å². The Kier molecular flexibility index (Phi) is 3.51. The Morgan fingerprint density at radius 3 is 2.31 bits per heavy atom. The van der Waals surface area contributed by atoms with E-state index in [9.17, 15) is 18.0 Å². The molecule has 0 heterocycles. The Balaban J connectivity index is 2.76. The van der Waals surface area contributed by atoms with Crippen molar-refractivity contribution in [2.75, 3.05) is 0 Å². The first-order chi connectivity index (χ1) is 7.42. The van der Waals surface area contributed by atoms with E-state index < -0.39 is 17.9 Å². The van der Waals surface area contributed by atoms with Crippen molar-refractivity contribution in [2.45, 2.75) is 12.8 Å². The molecule has 0 aromatic heterocycles. The summed E-state index contributed by atoms with van der Waals surface area (Å²) in [7, 11) is 0. The molecule has 0 radical (unpaired) electrons. The first-order valence-electron chi connectivity index (χ1n) is 4.18. The van der Waals surface area contributed by atoms with Gasteiger partial charge in [0.1, 0.15) is 5.75 Å². The third-order valence-electron chi connectivity index (χ3n) is 1.65. The van der Waals surface area contributed by atoms with E-state index in [1.165, 1.54) is 12.1 Å².